The summed E-state index contributed by atoms with van der Waals surface area (Å²) in [5.41, 5.74) is 7.68. The van der Waals surface area contributed by atoms with E-state index in [9.17, 15) is 0 Å². The number of fused-ring (bicyclic) bond motifs is 1. The lowest BCUT2D eigenvalue weighted by atomic mass is 10.0. The van der Waals surface area contributed by atoms with E-state index >= 15 is 0 Å². The van der Waals surface area contributed by atoms with Crippen LogP contribution in [-0.4, -0.2) is 4.98 Å². The maximum absolute atomic E-state index is 3.56. The molecule has 0 aliphatic rings. The van der Waals surface area contributed by atoms with Crippen molar-refractivity contribution in [2.75, 3.05) is 0 Å². The standard InChI is InChI=1S/C17H17N/c1-11-6-4-5-7-14(11)16-10-15-12(2)8-9-13(3)17(15)18-16/h4-10,18H,1-3H3. The van der Waals surface area contributed by atoms with E-state index in [1.165, 1.54) is 38.9 Å². The van der Waals surface area contributed by atoms with E-state index in [2.05, 4.69) is 68.2 Å². The van der Waals surface area contributed by atoms with Gasteiger partial charge in [-0.1, -0.05) is 36.4 Å². The third kappa shape index (κ3) is 1.63. The van der Waals surface area contributed by atoms with Gasteiger partial charge in [0.05, 0.1) is 0 Å². The monoisotopic (exact) mass is 235 g/mol. The molecular formula is C17H17N. The molecule has 0 fully saturated rings. The highest BCUT2D eigenvalue weighted by Crippen LogP contribution is 2.29. The second-order valence-electron chi connectivity index (χ2n) is 4.99. The van der Waals surface area contributed by atoms with Crippen LogP contribution in [0.15, 0.2) is 42.5 Å². The lowest BCUT2D eigenvalue weighted by Gasteiger charge is -2.02. The Bertz CT molecular complexity index is 681. The van der Waals surface area contributed by atoms with Crippen LogP contribution in [0.4, 0.5) is 0 Å². The molecule has 3 rings (SSSR count). The van der Waals surface area contributed by atoms with Crippen LogP contribution in [0, 0.1) is 20.8 Å². The first-order valence-corrected chi connectivity index (χ1v) is 6.32. The van der Waals surface area contributed by atoms with Gasteiger partial charge in [-0.3, -0.25) is 0 Å². The van der Waals surface area contributed by atoms with Crippen LogP contribution < -0.4 is 0 Å². The van der Waals surface area contributed by atoms with Crippen molar-refractivity contribution in [1.82, 2.24) is 4.98 Å². The molecule has 0 amide bonds. The fraction of sp³-hybridized carbons (Fsp3) is 0.176. The molecule has 2 aromatic carbocycles. The van der Waals surface area contributed by atoms with Crippen molar-refractivity contribution in [1.29, 1.82) is 0 Å². The predicted molar refractivity (Wildman–Crippen MR) is 77.9 cm³/mol. The molecule has 0 spiro atoms. The molecule has 0 aliphatic heterocycles. The highest BCUT2D eigenvalue weighted by atomic mass is 14.7. The van der Waals surface area contributed by atoms with Crippen LogP contribution in [0.2, 0.25) is 0 Å². The minimum absolute atomic E-state index is 1.21. The second-order valence-corrected chi connectivity index (χ2v) is 4.99. The molecule has 1 nitrogen and oxygen atoms in total. The number of aryl methyl sites for hydroxylation is 3. The van der Waals surface area contributed by atoms with E-state index in [0.29, 0.717) is 0 Å². The van der Waals surface area contributed by atoms with Crippen molar-refractivity contribution >= 4 is 10.9 Å². The molecule has 1 N–H and O–H groups in total. The zero-order valence-electron chi connectivity index (χ0n) is 11.0. The molecule has 0 saturated carbocycles. The first-order chi connectivity index (χ1) is 8.66. The van der Waals surface area contributed by atoms with Crippen LogP contribution in [0.1, 0.15) is 16.7 Å². The molecule has 18 heavy (non-hydrogen) atoms. The first kappa shape index (κ1) is 11.1. The summed E-state index contributed by atoms with van der Waals surface area (Å²) in [6, 6.07) is 15.1. The minimum atomic E-state index is 1.21. The summed E-state index contributed by atoms with van der Waals surface area (Å²) < 4.78 is 0. The maximum Gasteiger partial charge on any atom is 0.0491 e. The molecule has 3 aromatic rings. The predicted octanol–water partition coefficient (Wildman–Crippen LogP) is 4.76. The Labute approximate surface area is 107 Å². The normalized spacial score (nSPS) is 11.1. The molecule has 0 aliphatic carbocycles. The molecule has 0 bridgehead atoms. The Hall–Kier alpha value is -2.02. The van der Waals surface area contributed by atoms with Gasteiger partial charge in [0.25, 0.3) is 0 Å². The summed E-state index contributed by atoms with van der Waals surface area (Å²) in [6.45, 7) is 6.47. The van der Waals surface area contributed by atoms with Gasteiger partial charge in [0.1, 0.15) is 0 Å². The lowest BCUT2D eigenvalue weighted by Crippen LogP contribution is -1.82. The molecule has 0 saturated heterocycles. The summed E-state index contributed by atoms with van der Waals surface area (Å²) in [5, 5.41) is 1.33. The van der Waals surface area contributed by atoms with Crippen molar-refractivity contribution in [3.8, 4) is 11.3 Å². The number of hydrogen-bond acceptors (Lipinski definition) is 0. The summed E-state index contributed by atoms with van der Waals surface area (Å²) in [7, 11) is 0. The Balaban J connectivity index is 2.29. The van der Waals surface area contributed by atoms with Crippen LogP contribution in [0.25, 0.3) is 22.2 Å². The second kappa shape index (κ2) is 4.02. The molecule has 90 valence electrons. The van der Waals surface area contributed by atoms with E-state index in [4.69, 9.17) is 0 Å². The van der Waals surface area contributed by atoms with Gasteiger partial charge in [-0.2, -0.15) is 0 Å². The van der Waals surface area contributed by atoms with E-state index in [1.807, 2.05) is 0 Å². The third-order valence-electron chi connectivity index (χ3n) is 3.66. The molecule has 0 radical (unpaired) electrons. The number of rotatable bonds is 1. The summed E-state index contributed by atoms with van der Waals surface area (Å²) in [4.78, 5) is 3.56. The Morgan fingerprint density at radius 3 is 2.22 bits per heavy atom. The lowest BCUT2D eigenvalue weighted by molar-refractivity contribution is 1.37. The number of hydrogen-bond donors (Lipinski definition) is 1. The number of nitrogens with one attached hydrogen (secondary N) is 1. The molecule has 0 atom stereocenters. The largest absolute Gasteiger partial charge is 0.354 e. The van der Waals surface area contributed by atoms with Gasteiger partial charge < -0.3 is 4.98 Å². The molecule has 0 unspecified atom stereocenters. The van der Waals surface area contributed by atoms with Gasteiger partial charge in [-0.15, -0.1) is 0 Å². The fourth-order valence-electron chi connectivity index (χ4n) is 2.52. The third-order valence-corrected chi connectivity index (χ3v) is 3.66. The number of benzene rings is 2. The highest BCUT2D eigenvalue weighted by molar-refractivity contribution is 5.91. The van der Waals surface area contributed by atoms with Crippen molar-refractivity contribution < 1.29 is 0 Å². The number of H-pyrrole nitrogens is 1. The summed E-state index contributed by atoms with van der Waals surface area (Å²) in [6.07, 6.45) is 0. The van der Waals surface area contributed by atoms with Gasteiger partial charge in [-0.25, -0.2) is 0 Å². The van der Waals surface area contributed by atoms with Gasteiger partial charge in [0.2, 0.25) is 0 Å². The van der Waals surface area contributed by atoms with Crippen molar-refractivity contribution in [2.45, 2.75) is 20.8 Å². The van der Waals surface area contributed by atoms with Gasteiger partial charge >= 0.3 is 0 Å². The van der Waals surface area contributed by atoms with Gasteiger partial charge in [-0.05, 0) is 43.5 Å². The molecule has 1 heteroatoms. The molecule has 1 aromatic heterocycles. The molecule has 1 heterocycles. The minimum Gasteiger partial charge on any atom is -0.354 e. The van der Waals surface area contributed by atoms with E-state index in [-0.39, 0.29) is 0 Å². The smallest absolute Gasteiger partial charge is 0.0491 e. The highest BCUT2D eigenvalue weighted by Gasteiger charge is 2.08. The van der Waals surface area contributed by atoms with Crippen LogP contribution in [-0.2, 0) is 0 Å². The van der Waals surface area contributed by atoms with E-state index in [1.54, 1.807) is 0 Å². The first-order valence-electron chi connectivity index (χ1n) is 6.32. The Morgan fingerprint density at radius 1 is 0.778 bits per heavy atom. The number of aromatic amines is 1. The average Bonchev–Trinajstić information content (AvgIpc) is 2.80. The van der Waals surface area contributed by atoms with E-state index in [0.717, 1.165) is 0 Å². The van der Waals surface area contributed by atoms with Crippen LogP contribution in [0.3, 0.4) is 0 Å². The number of aromatic nitrogens is 1. The average molecular weight is 235 g/mol. The van der Waals surface area contributed by atoms with Gasteiger partial charge in [0.15, 0.2) is 0 Å². The van der Waals surface area contributed by atoms with Crippen molar-refractivity contribution in [3.05, 3.63) is 59.2 Å². The molecular weight excluding hydrogens is 218 g/mol. The fourth-order valence-corrected chi connectivity index (χ4v) is 2.52. The summed E-state index contributed by atoms with van der Waals surface area (Å²) >= 11 is 0. The zero-order valence-corrected chi connectivity index (χ0v) is 11.0. The van der Waals surface area contributed by atoms with Crippen molar-refractivity contribution in [2.24, 2.45) is 0 Å². The van der Waals surface area contributed by atoms with Gasteiger partial charge in [0, 0.05) is 22.2 Å². The zero-order chi connectivity index (χ0) is 12.7. The maximum atomic E-state index is 3.56. The van der Waals surface area contributed by atoms with E-state index < -0.39 is 0 Å². The summed E-state index contributed by atoms with van der Waals surface area (Å²) in [5.74, 6) is 0. The SMILES string of the molecule is Cc1ccccc1-c1cc2c(C)ccc(C)c2[nH]1. The van der Waals surface area contributed by atoms with Crippen molar-refractivity contribution in [3.63, 3.8) is 0 Å². The topological polar surface area (TPSA) is 15.8 Å². The quantitative estimate of drug-likeness (QED) is 0.626. The Kier molecular flexibility index (Phi) is 2.48. The Morgan fingerprint density at radius 2 is 1.50 bits per heavy atom. The van der Waals surface area contributed by atoms with Crippen LogP contribution >= 0.6 is 0 Å². The van der Waals surface area contributed by atoms with Crippen LogP contribution in [0.5, 0.6) is 0 Å².